The summed E-state index contributed by atoms with van der Waals surface area (Å²) in [6, 6.07) is 14.4. The average molecular weight is 494 g/mol. The molecule has 1 atom stereocenters. The number of aromatic nitrogens is 4. The molecule has 1 unspecified atom stereocenters. The van der Waals surface area contributed by atoms with Crippen molar-refractivity contribution in [3.05, 3.63) is 82.4 Å². The molecule has 178 valence electrons. The fourth-order valence-corrected chi connectivity index (χ4v) is 4.10. The van der Waals surface area contributed by atoms with Crippen LogP contribution in [0.15, 0.2) is 59.6 Å². The van der Waals surface area contributed by atoms with Crippen LogP contribution in [-0.4, -0.2) is 48.5 Å². The number of carbonyl (C=O) groups is 1. The van der Waals surface area contributed by atoms with E-state index < -0.39 is 23.8 Å². The van der Waals surface area contributed by atoms with E-state index in [2.05, 4.69) is 10.2 Å². The van der Waals surface area contributed by atoms with E-state index in [1.165, 1.54) is 12.1 Å². The zero-order valence-corrected chi connectivity index (χ0v) is 19.5. The minimum Gasteiger partial charge on any atom is -0.497 e. The maximum atomic E-state index is 12.8. The largest absolute Gasteiger partial charge is 0.497 e. The van der Waals surface area contributed by atoms with Crippen molar-refractivity contribution in [3.8, 4) is 23.2 Å². The van der Waals surface area contributed by atoms with Gasteiger partial charge >= 0.3 is 5.97 Å². The lowest BCUT2D eigenvalue weighted by Crippen LogP contribution is -2.22. The maximum Gasteiger partial charge on any atom is 0.335 e. The second-order valence-electron chi connectivity index (χ2n) is 7.84. The molecule has 0 fully saturated rings. The Hall–Kier alpha value is -4.31. The summed E-state index contributed by atoms with van der Waals surface area (Å²) in [5.74, 6) is 0.107. The van der Waals surface area contributed by atoms with Crippen molar-refractivity contribution >= 4 is 23.3 Å². The number of aryl methyl sites for hydroxylation is 1. The van der Waals surface area contributed by atoms with E-state index >= 15 is 0 Å². The van der Waals surface area contributed by atoms with E-state index in [-0.39, 0.29) is 6.42 Å². The van der Waals surface area contributed by atoms with Crippen LogP contribution >= 0.6 is 11.6 Å². The Morgan fingerprint density at radius 1 is 1.06 bits per heavy atom. The summed E-state index contributed by atoms with van der Waals surface area (Å²) >= 11 is 6.11. The number of nitrogens with zero attached hydrogens (tertiary/aromatic N) is 5. The van der Waals surface area contributed by atoms with E-state index in [0.29, 0.717) is 32.9 Å². The highest BCUT2D eigenvalue weighted by Gasteiger charge is 2.31. The van der Waals surface area contributed by atoms with Crippen LogP contribution < -0.4 is 9.57 Å². The third-order valence-corrected chi connectivity index (χ3v) is 5.85. The molecule has 0 spiro atoms. The Morgan fingerprint density at radius 2 is 1.77 bits per heavy atom. The summed E-state index contributed by atoms with van der Waals surface area (Å²) in [6.07, 6.45) is -0.239. The zero-order valence-electron chi connectivity index (χ0n) is 18.7. The van der Waals surface area contributed by atoms with E-state index in [1.807, 2.05) is 41.8 Å². The molecule has 10 nitrogen and oxygen atoms in total. The van der Waals surface area contributed by atoms with E-state index in [9.17, 15) is 15.0 Å². The molecule has 1 aliphatic rings. The molecule has 5 rings (SSSR count). The van der Waals surface area contributed by atoms with Crippen molar-refractivity contribution in [3.63, 3.8) is 0 Å². The SMILES string of the molecule is COc1ccc2c(c1)C(c1ccc(Cl)cc1)=NC(CC(=O)On1c(O)ccc1O)c1nnc(C)n1-2. The van der Waals surface area contributed by atoms with Crippen molar-refractivity contribution < 1.29 is 24.6 Å². The molecule has 4 aromatic rings. The summed E-state index contributed by atoms with van der Waals surface area (Å²) in [4.78, 5) is 22.9. The highest BCUT2D eigenvalue weighted by molar-refractivity contribution is 6.30. The third-order valence-electron chi connectivity index (χ3n) is 5.60. The summed E-state index contributed by atoms with van der Waals surface area (Å²) in [5.41, 5.74) is 2.91. The van der Waals surface area contributed by atoms with Gasteiger partial charge in [0.2, 0.25) is 11.8 Å². The Morgan fingerprint density at radius 3 is 2.46 bits per heavy atom. The topological polar surface area (TPSA) is 124 Å². The number of aliphatic imine (C=N–C) groups is 1. The van der Waals surface area contributed by atoms with Gasteiger partial charge < -0.3 is 19.8 Å². The Labute approximate surface area is 204 Å². The molecule has 0 aliphatic carbocycles. The molecule has 2 aromatic carbocycles. The van der Waals surface area contributed by atoms with Crippen LogP contribution in [0.3, 0.4) is 0 Å². The molecule has 0 radical (unpaired) electrons. The number of rotatable bonds is 5. The predicted molar refractivity (Wildman–Crippen MR) is 126 cm³/mol. The first-order valence-corrected chi connectivity index (χ1v) is 11.0. The summed E-state index contributed by atoms with van der Waals surface area (Å²) in [5, 5.41) is 28.7. The second kappa shape index (κ2) is 8.80. The number of hydrogen-bond donors (Lipinski definition) is 2. The van der Waals surface area contributed by atoms with Crippen LogP contribution in [0, 0.1) is 6.92 Å². The highest BCUT2D eigenvalue weighted by Crippen LogP contribution is 2.34. The van der Waals surface area contributed by atoms with Gasteiger partial charge in [0, 0.05) is 28.3 Å². The van der Waals surface area contributed by atoms with Gasteiger partial charge in [0.15, 0.2) is 5.82 Å². The first kappa shape index (κ1) is 22.5. The molecule has 35 heavy (non-hydrogen) atoms. The molecule has 11 heteroatoms. The lowest BCUT2D eigenvalue weighted by molar-refractivity contribution is -0.145. The second-order valence-corrected chi connectivity index (χ2v) is 8.27. The van der Waals surface area contributed by atoms with Crippen LogP contribution in [-0.2, 0) is 4.79 Å². The van der Waals surface area contributed by atoms with Gasteiger partial charge in [0.25, 0.3) is 0 Å². The summed E-state index contributed by atoms with van der Waals surface area (Å²) in [7, 11) is 1.58. The van der Waals surface area contributed by atoms with Crippen LogP contribution in [0.4, 0.5) is 0 Å². The number of fused-ring (bicyclic) bond motifs is 3. The number of methoxy groups -OCH3 is 1. The lowest BCUT2D eigenvalue weighted by atomic mass is 10.00. The van der Waals surface area contributed by atoms with Crippen LogP contribution in [0.1, 0.15) is 35.2 Å². The fourth-order valence-electron chi connectivity index (χ4n) is 3.97. The van der Waals surface area contributed by atoms with Crippen molar-refractivity contribution in [2.24, 2.45) is 4.99 Å². The smallest absolute Gasteiger partial charge is 0.335 e. The molecule has 0 saturated carbocycles. The van der Waals surface area contributed by atoms with Crippen LogP contribution in [0.25, 0.3) is 5.69 Å². The fraction of sp³-hybridized carbons (Fsp3) is 0.167. The molecule has 0 saturated heterocycles. The van der Waals surface area contributed by atoms with Crippen LogP contribution in [0.2, 0.25) is 5.02 Å². The van der Waals surface area contributed by atoms with Gasteiger partial charge in [0.05, 0.1) is 24.9 Å². The molecule has 3 heterocycles. The van der Waals surface area contributed by atoms with Crippen molar-refractivity contribution in [2.45, 2.75) is 19.4 Å². The average Bonchev–Trinajstić information content (AvgIpc) is 3.34. The minimum absolute atomic E-state index is 0.239. The Bertz CT molecular complexity index is 1440. The molecule has 2 aromatic heterocycles. The van der Waals surface area contributed by atoms with Gasteiger partial charge in [-0.3, -0.25) is 9.56 Å². The first-order valence-electron chi connectivity index (χ1n) is 10.6. The normalized spacial score (nSPS) is 14.5. The maximum absolute atomic E-state index is 12.8. The van der Waals surface area contributed by atoms with Gasteiger partial charge in [-0.15, -0.1) is 14.9 Å². The zero-order chi connectivity index (χ0) is 24.7. The molecule has 1 aliphatic heterocycles. The van der Waals surface area contributed by atoms with Crippen molar-refractivity contribution in [1.29, 1.82) is 0 Å². The van der Waals surface area contributed by atoms with Gasteiger partial charge in [-0.05, 0) is 37.3 Å². The number of hydrogen-bond acceptors (Lipinski definition) is 8. The number of halogens is 1. The van der Waals surface area contributed by atoms with Gasteiger partial charge in [-0.2, -0.15) is 0 Å². The Kier molecular flexibility index (Phi) is 5.65. The molecule has 2 N–H and O–H groups in total. The number of aromatic hydroxyl groups is 2. The first-order chi connectivity index (χ1) is 16.9. The minimum atomic E-state index is -0.785. The van der Waals surface area contributed by atoms with E-state index in [1.54, 1.807) is 19.2 Å². The lowest BCUT2D eigenvalue weighted by Gasteiger charge is -2.14. The van der Waals surface area contributed by atoms with E-state index in [4.69, 9.17) is 26.2 Å². The predicted octanol–water partition coefficient (Wildman–Crippen LogP) is 3.39. The third kappa shape index (κ3) is 4.08. The molecule has 0 amide bonds. The molecule has 0 bridgehead atoms. The van der Waals surface area contributed by atoms with Crippen molar-refractivity contribution in [2.75, 3.05) is 7.11 Å². The highest BCUT2D eigenvalue weighted by atomic mass is 35.5. The molecular formula is C24H20ClN5O5. The van der Waals surface area contributed by atoms with Gasteiger partial charge in [-0.1, -0.05) is 23.7 Å². The number of ether oxygens (including phenoxy) is 1. The number of benzene rings is 2. The monoisotopic (exact) mass is 493 g/mol. The summed E-state index contributed by atoms with van der Waals surface area (Å²) < 4.78 is 7.93. The summed E-state index contributed by atoms with van der Waals surface area (Å²) in [6.45, 7) is 1.81. The van der Waals surface area contributed by atoms with E-state index in [0.717, 1.165) is 16.8 Å². The quantitative estimate of drug-likeness (QED) is 0.436. The van der Waals surface area contributed by atoms with Gasteiger partial charge in [0.1, 0.15) is 17.6 Å². The van der Waals surface area contributed by atoms with Crippen molar-refractivity contribution in [1.82, 2.24) is 19.5 Å². The Balaban J connectivity index is 1.64. The van der Waals surface area contributed by atoms with Crippen LogP contribution in [0.5, 0.6) is 17.5 Å². The standard InChI is InChI=1S/C24H20ClN5O5/c1-13-27-28-24-18(12-22(33)35-30-20(31)9-10-21(30)32)26-23(14-3-5-15(25)6-4-14)17-11-16(34-2)7-8-19(17)29(13)24/h3-11,18,31-32H,12H2,1-2H3. The number of carbonyl (C=O) groups excluding carboxylic acids is 1. The molecular weight excluding hydrogens is 474 g/mol. The van der Waals surface area contributed by atoms with Gasteiger partial charge in [-0.25, -0.2) is 4.79 Å².